The van der Waals surface area contributed by atoms with Crippen molar-refractivity contribution in [2.24, 2.45) is 0 Å². The Bertz CT molecular complexity index is 648. The van der Waals surface area contributed by atoms with Gasteiger partial charge in [-0.2, -0.15) is 0 Å². The summed E-state index contributed by atoms with van der Waals surface area (Å²) in [4.78, 5) is 1.15. The molecule has 0 saturated carbocycles. The van der Waals surface area contributed by atoms with Crippen LogP contribution in [-0.2, 0) is 6.42 Å². The van der Waals surface area contributed by atoms with Gasteiger partial charge in [-0.3, -0.25) is 0 Å². The molecule has 2 heterocycles. The molecule has 0 aliphatic heterocycles. The van der Waals surface area contributed by atoms with Gasteiger partial charge in [0.05, 0.1) is 4.88 Å². The van der Waals surface area contributed by atoms with Crippen LogP contribution in [0.4, 0.5) is 5.82 Å². The summed E-state index contributed by atoms with van der Waals surface area (Å²) in [6.45, 7) is 0.905. The van der Waals surface area contributed by atoms with Crippen molar-refractivity contribution in [1.82, 2.24) is 10.2 Å². The van der Waals surface area contributed by atoms with Crippen LogP contribution in [0.25, 0.3) is 10.6 Å². The molecule has 0 atom stereocenters. The Morgan fingerprint density at radius 3 is 2.52 bits per heavy atom. The number of aromatic nitrogens is 2. The van der Waals surface area contributed by atoms with Crippen molar-refractivity contribution in [2.45, 2.75) is 12.8 Å². The van der Waals surface area contributed by atoms with Crippen LogP contribution < -0.4 is 5.32 Å². The fraction of sp³-hybridized carbons (Fsp3) is 0.176. The minimum Gasteiger partial charge on any atom is -0.369 e. The number of rotatable bonds is 6. The summed E-state index contributed by atoms with van der Waals surface area (Å²) in [5, 5.41) is 13.8. The zero-order valence-corrected chi connectivity index (χ0v) is 12.5. The van der Waals surface area contributed by atoms with Crippen LogP contribution in [0, 0.1) is 0 Å². The number of hydrogen-bond acceptors (Lipinski definition) is 4. The van der Waals surface area contributed by atoms with Crippen molar-refractivity contribution in [3.8, 4) is 10.6 Å². The molecule has 0 saturated heterocycles. The van der Waals surface area contributed by atoms with Gasteiger partial charge < -0.3 is 5.32 Å². The lowest BCUT2D eigenvalue weighted by Gasteiger charge is -2.05. The minimum absolute atomic E-state index is 0.836. The molecule has 3 aromatic rings. The number of hydrogen-bond donors (Lipinski definition) is 1. The van der Waals surface area contributed by atoms with Crippen molar-refractivity contribution >= 4 is 17.2 Å². The summed E-state index contributed by atoms with van der Waals surface area (Å²) in [7, 11) is 0. The molecule has 0 unspecified atom stereocenters. The summed E-state index contributed by atoms with van der Waals surface area (Å²) >= 11 is 1.68. The maximum atomic E-state index is 4.26. The second kappa shape index (κ2) is 6.99. The molecule has 0 bridgehead atoms. The number of benzene rings is 1. The second-order valence-electron chi connectivity index (χ2n) is 4.80. The van der Waals surface area contributed by atoms with E-state index in [-0.39, 0.29) is 0 Å². The molecule has 1 N–H and O–H groups in total. The van der Waals surface area contributed by atoms with E-state index in [1.54, 1.807) is 11.3 Å². The van der Waals surface area contributed by atoms with Crippen LogP contribution in [0.5, 0.6) is 0 Å². The standard InChI is InChI=1S/C17H17N3S/c1-2-6-14(7-3-1)8-4-12-18-17-11-10-15(19-20-17)16-9-5-13-21-16/h1-3,5-7,9-11,13H,4,8,12H2,(H,18,20). The topological polar surface area (TPSA) is 37.8 Å². The Hall–Kier alpha value is -2.20. The van der Waals surface area contributed by atoms with E-state index >= 15 is 0 Å². The van der Waals surface area contributed by atoms with Gasteiger partial charge in [-0.25, -0.2) is 0 Å². The first-order valence-electron chi connectivity index (χ1n) is 7.07. The normalized spacial score (nSPS) is 10.5. The number of thiophene rings is 1. The number of nitrogens with zero attached hydrogens (tertiary/aromatic N) is 2. The highest BCUT2D eigenvalue weighted by Gasteiger charge is 2.01. The van der Waals surface area contributed by atoms with Gasteiger partial charge in [0.1, 0.15) is 11.5 Å². The summed E-state index contributed by atoms with van der Waals surface area (Å²) in [6, 6.07) is 18.6. The maximum Gasteiger partial charge on any atom is 0.148 e. The largest absolute Gasteiger partial charge is 0.369 e. The highest BCUT2D eigenvalue weighted by molar-refractivity contribution is 7.13. The average Bonchev–Trinajstić information content (AvgIpc) is 3.08. The van der Waals surface area contributed by atoms with E-state index in [9.17, 15) is 0 Å². The zero-order valence-electron chi connectivity index (χ0n) is 11.7. The van der Waals surface area contributed by atoms with Gasteiger partial charge in [0.2, 0.25) is 0 Å². The number of aryl methyl sites for hydroxylation is 1. The first kappa shape index (κ1) is 13.8. The van der Waals surface area contributed by atoms with Gasteiger partial charge in [-0.05, 0) is 42.0 Å². The van der Waals surface area contributed by atoms with Crippen LogP contribution in [-0.4, -0.2) is 16.7 Å². The molecule has 3 nitrogen and oxygen atoms in total. The fourth-order valence-corrected chi connectivity index (χ4v) is 2.83. The predicted molar refractivity (Wildman–Crippen MR) is 88.6 cm³/mol. The molecule has 3 rings (SSSR count). The van der Waals surface area contributed by atoms with Crippen LogP contribution in [0.15, 0.2) is 60.0 Å². The molecule has 0 spiro atoms. The molecular formula is C17H17N3S. The van der Waals surface area contributed by atoms with Crippen molar-refractivity contribution in [3.63, 3.8) is 0 Å². The Labute approximate surface area is 128 Å². The van der Waals surface area contributed by atoms with Crippen molar-refractivity contribution in [1.29, 1.82) is 0 Å². The molecule has 21 heavy (non-hydrogen) atoms. The smallest absolute Gasteiger partial charge is 0.148 e. The van der Waals surface area contributed by atoms with E-state index in [1.165, 1.54) is 5.56 Å². The predicted octanol–water partition coefficient (Wildman–Crippen LogP) is 4.25. The number of nitrogens with one attached hydrogen (secondary N) is 1. The molecule has 4 heteroatoms. The average molecular weight is 295 g/mol. The van der Waals surface area contributed by atoms with Crippen molar-refractivity contribution < 1.29 is 0 Å². The third-order valence-corrected chi connectivity index (χ3v) is 4.12. The lowest BCUT2D eigenvalue weighted by molar-refractivity contribution is 0.853. The quantitative estimate of drug-likeness (QED) is 0.691. The Morgan fingerprint density at radius 2 is 1.81 bits per heavy atom. The van der Waals surface area contributed by atoms with Gasteiger partial charge in [-0.15, -0.1) is 21.5 Å². The SMILES string of the molecule is c1ccc(CCCNc2ccc(-c3cccs3)nn2)cc1. The lowest BCUT2D eigenvalue weighted by atomic mass is 10.1. The van der Waals surface area contributed by atoms with Gasteiger partial charge in [0, 0.05) is 6.54 Å². The van der Waals surface area contributed by atoms with Gasteiger partial charge in [0.25, 0.3) is 0 Å². The van der Waals surface area contributed by atoms with Gasteiger partial charge in [0.15, 0.2) is 0 Å². The van der Waals surface area contributed by atoms with Crippen molar-refractivity contribution in [2.75, 3.05) is 11.9 Å². The first-order valence-corrected chi connectivity index (χ1v) is 7.95. The van der Waals surface area contributed by atoms with E-state index < -0.39 is 0 Å². The van der Waals surface area contributed by atoms with Gasteiger partial charge in [-0.1, -0.05) is 36.4 Å². The summed E-state index contributed by atoms with van der Waals surface area (Å²) in [6.07, 6.45) is 2.16. The molecule has 0 fully saturated rings. The Kier molecular flexibility index (Phi) is 4.59. The first-order chi connectivity index (χ1) is 10.4. The fourth-order valence-electron chi connectivity index (χ4n) is 2.14. The van der Waals surface area contributed by atoms with E-state index in [2.05, 4.69) is 45.8 Å². The third kappa shape index (κ3) is 3.89. The van der Waals surface area contributed by atoms with Crippen LogP contribution in [0.1, 0.15) is 12.0 Å². The monoisotopic (exact) mass is 295 g/mol. The Morgan fingerprint density at radius 1 is 0.905 bits per heavy atom. The second-order valence-corrected chi connectivity index (χ2v) is 5.74. The van der Waals surface area contributed by atoms with E-state index in [0.29, 0.717) is 0 Å². The maximum absolute atomic E-state index is 4.26. The summed E-state index contributed by atoms with van der Waals surface area (Å²) in [5.41, 5.74) is 2.30. The summed E-state index contributed by atoms with van der Waals surface area (Å²) < 4.78 is 0. The zero-order chi connectivity index (χ0) is 14.3. The molecule has 0 aliphatic carbocycles. The minimum atomic E-state index is 0.836. The number of anilines is 1. The molecular weight excluding hydrogens is 278 g/mol. The van der Waals surface area contributed by atoms with Crippen LogP contribution in [0.2, 0.25) is 0 Å². The van der Waals surface area contributed by atoms with Crippen LogP contribution in [0.3, 0.4) is 0 Å². The third-order valence-electron chi connectivity index (χ3n) is 3.23. The molecule has 1 aromatic carbocycles. The summed E-state index contributed by atoms with van der Waals surface area (Å²) in [5.74, 6) is 0.836. The highest BCUT2D eigenvalue weighted by Crippen LogP contribution is 2.22. The van der Waals surface area contributed by atoms with E-state index in [0.717, 1.165) is 35.8 Å². The van der Waals surface area contributed by atoms with Crippen LogP contribution >= 0.6 is 11.3 Å². The molecule has 0 aliphatic rings. The molecule has 106 valence electrons. The van der Waals surface area contributed by atoms with Gasteiger partial charge >= 0.3 is 0 Å². The van der Waals surface area contributed by atoms with E-state index in [1.807, 2.05) is 29.6 Å². The Balaban J connectivity index is 1.47. The van der Waals surface area contributed by atoms with E-state index in [4.69, 9.17) is 0 Å². The lowest BCUT2D eigenvalue weighted by Crippen LogP contribution is -2.05. The molecule has 2 aromatic heterocycles. The molecule has 0 radical (unpaired) electrons. The van der Waals surface area contributed by atoms with Crippen molar-refractivity contribution in [3.05, 3.63) is 65.5 Å². The molecule has 0 amide bonds. The highest BCUT2D eigenvalue weighted by atomic mass is 32.1.